The maximum absolute atomic E-state index is 15.0. The number of aromatic nitrogens is 1. The Morgan fingerprint density at radius 2 is 1.75 bits per heavy atom. The van der Waals surface area contributed by atoms with Gasteiger partial charge in [0.25, 0.3) is 0 Å². The van der Waals surface area contributed by atoms with Crippen LogP contribution in [0.15, 0.2) is 52.9 Å². The van der Waals surface area contributed by atoms with Gasteiger partial charge < -0.3 is 38.1 Å². The number of fused-ring (bicyclic) bond motifs is 3. The number of carbonyl (C=O) groups is 4. The molecule has 5 heterocycles. The van der Waals surface area contributed by atoms with Gasteiger partial charge in [0.2, 0.25) is 11.8 Å². The number of hydrogen-bond acceptors (Lipinski definition) is 12. The van der Waals surface area contributed by atoms with E-state index in [1.807, 2.05) is 57.9 Å². The summed E-state index contributed by atoms with van der Waals surface area (Å²) in [6.45, 7) is 14.0. The zero-order valence-electron chi connectivity index (χ0n) is 41.7. The number of likely N-dealkylation sites (tertiary alicyclic amines) is 1. The number of allylic oxidation sites excluding steroid dienone is 3. The lowest BCUT2D eigenvalue weighted by molar-refractivity contribution is -0.154. The van der Waals surface area contributed by atoms with Gasteiger partial charge in [0.15, 0.2) is 5.78 Å². The van der Waals surface area contributed by atoms with Crippen molar-refractivity contribution < 1.29 is 47.4 Å². The van der Waals surface area contributed by atoms with Gasteiger partial charge in [-0.3, -0.25) is 19.2 Å². The number of amides is 1. The van der Waals surface area contributed by atoms with E-state index in [0.29, 0.717) is 47.0 Å². The number of halogens is 1. The molecular weight excluding hydrogens is 941 g/mol. The smallest absolute Gasteiger partial charge is 0.486 e. The molecule has 0 bridgehead atoms. The third-order valence-corrected chi connectivity index (χ3v) is 16.5. The number of hydrogen-bond donors (Lipinski definition) is 0. The van der Waals surface area contributed by atoms with Crippen LogP contribution in [0.5, 0.6) is 11.6 Å². The highest BCUT2D eigenvalue weighted by atomic mass is 79.9. The van der Waals surface area contributed by atoms with Crippen LogP contribution >= 0.6 is 15.9 Å². The number of para-hydroxylation sites is 1. The van der Waals surface area contributed by atoms with Crippen molar-refractivity contribution >= 4 is 57.6 Å². The molecule has 0 spiro atoms. The van der Waals surface area contributed by atoms with Gasteiger partial charge in [0.1, 0.15) is 22.4 Å². The predicted octanol–water partition coefficient (Wildman–Crippen LogP) is 9.95. The molecule has 2 aromatic rings. The van der Waals surface area contributed by atoms with Crippen molar-refractivity contribution in [2.75, 3.05) is 39.4 Å². The number of nitrogens with zero attached hydrogens (tertiary/aromatic N) is 3. The van der Waals surface area contributed by atoms with Crippen LogP contribution < -0.4 is 9.47 Å². The summed E-state index contributed by atoms with van der Waals surface area (Å²) in [5, 5.41) is 0.856. The molecule has 0 unspecified atom stereocenters. The van der Waals surface area contributed by atoms with E-state index < -0.39 is 23.5 Å². The van der Waals surface area contributed by atoms with E-state index in [4.69, 9.17) is 33.2 Å². The Bertz CT molecular complexity index is 2200. The van der Waals surface area contributed by atoms with Gasteiger partial charge in [-0.2, -0.15) is 0 Å². The normalized spacial score (nSPS) is 29.8. The molecule has 15 heteroatoms. The summed E-state index contributed by atoms with van der Waals surface area (Å²) in [5.74, 6) is 1.25. The minimum Gasteiger partial charge on any atom is -0.491 e. The lowest BCUT2D eigenvalue weighted by Gasteiger charge is -2.32. The maximum atomic E-state index is 15.0. The van der Waals surface area contributed by atoms with Crippen molar-refractivity contribution in [2.24, 2.45) is 23.2 Å². The molecule has 1 aromatic heterocycles. The fourth-order valence-corrected chi connectivity index (χ4v) is 11.3. The molecule has 8 rings (SSSR count). The van der Waals surface area contributed by atoms with Crippen LogP contribution in [-0.4, -0.2) is 114 Å². The molecule has 5 fully saturated rings. The highest BCUT2D eigenvalue weighted by Crippen LogP contribution is 2.58. The zero-order chi connectivity index (χ0) is 48.8. The topological polar surface area (TPSA) is 143 Å². The second-order valence-corrected chi connectivity index (χ2v) is 22.3. The summed E-state index contributed by atoms with van der Waals surface area (Å²) in [4.78, 5) is 66.0. The van der Waals surface area contributed by atoms with E-state index in [2.05, 4.69) is 39.1 Å². The van der Waals surface area contributed by atoms with Crippen molar-refractivity contribution in [3.63, 3.8) is 0 Å². The highest BCUT2D eigenvalue weighted by Gasteiger charge is 2.62. The van der Waals surface area contributed by atoms with Crippen molar-refractivity contribution in [1.82, 2.24) is 14.8 Å². The summed E-state index contributed by atoms with van der Waals surface area (Å²) < 4.78 is 37.5. The molecule has 1 amide bonds. The largest absolute Gasteiger partial charge is 0.491 e. The number of benzene rings is 1. The summed E-state index contributed by atoms with van der Waals surface area (Å²) in [6.07, 6.45) is 18.3. The Balaban J connectivity index is 0.948. The number of Topliss-reactive ketones (excluding diaryl/α,β-unsaturated/α-hetero) is 1. The third-order valence-electron chi connectivity index (χ3n) is 15.8. The Kier molecular flexibility index (Phi) is 17.0. The van der Waals surface area contributed by atoms with Gasteiger partial charge in [-0.15, -0.1) is 0 Å². The number of unbranched alkanes of at least 4 members (excludes halogenated alkanes) is 1. The molecule has 376 valence electrons. The molecule has 1 aromatic carbocycles. The SMILES string of the molecule is CCOC(=O)[C@]12CC(=O)[C@@H]3C[C@@H](Oc4nc5ccccc5c(OCCCN5CCCCC5)c4Br)CN3C(=O)[C@@H](CC(=O)O[C@@H]3C[C@H]3CCC/C=C/B3OC(C)(C)C(C)(C)O3)CCCCC/C=C\[C@@H]1C2. The number of rotatable bonds is 17. The van der Waals surface area contributed by atoms with Crippen LogP contribution in [-0.2, 0) is 38.0 Å². The number of pyridine rings is 1. The second kappa shape index (κ2) is 22.7. The number of esters is 2. The first-order valence-electron chi connectivity index (χ1n) is 26.2. The molecule has 6 aliphatic rings. The summed E-state index contributed by atoms with van der Waals surface area (Å²) in [6, 6.07) is 6.93. The maximum Gasteiger partial charge on any atom is 0.486 e. The van der Waals surface area contributed by atoms with Gasteiger partial charge in [-0.05, 0) is 158 Å². The number of carbonyl (C=O) groups excluding carboxylic acids is 4. The highest BCUT2D eigenvalue weighted by molar-refractivity contribution is 9.10. The summed E-state index contributed by atoms with van der Waals surface area (Å²) in [7, 11) is -0.362. The van der Waals surface area contributed by atoms with Crippen LogP contribution in [0.3, 0.4) is 0 Å². The quantitative estimate of drug-likeness (QED) is 0.0644. The molecule has 0 N–H and O–H groups in total. The molecular formula is C54H75BBrN3O10. The monoisotopic (exact) mass is 1020 g/mol. The molecule has 2 saturated carbocycles. The zero-order valence-corrected chi connectivity index (χ0v) is 43.3. The van der Waals surface area contributed by atoms with Crippen molar-refractivity contribution in [3.8, 4) is 11.6 Å². The van der Waals surface area contributed by atoms with Crippen molar-refractivity contribution in [3.05, 3.63) is 52.9 Å². The van der Waals surface area contributed by atoms with E-state index in [9.17, 15) is 19.2 Å². The Hall–Kier alpha value is -3.79. The fraction of sp³-hybridized carbons (Fsp3) is 0.685. The predicted molar refractivity (Wildman–Crippen MR) is 269 cm³/mol. The molecule has 0 radical (unpaired) electrons. The molecule has 4 aliphatic heterocycles. The number of piperidine rings is 1. The van der Waals surface area contributed by atoms with Crippen LogP contribution in [0.2, 0.25) is 0 Å². The first-order valence-corrected chi connectivity index (χ1v) is 27.0. The first kappa shape index (κ1) is 51.6. The fourth-order valence-electron chi connectivity index (χ4n) is 10.8. The average molecular weight is 1020 g/mol. The van der Waals surface area contributed by atoms with Crippen LogP contribution in [0.4, 0.5) is 0 Å². The van der Waals surface area contributed by atoms with Crippen molar-refractivity contribution in [2.45, 2.75) is 173 Å². The van der Waals surface area contributed by atoms with Gasteiger partial charge in [-0.1, -0.05) is 55.6 Å². The van der Waals surface area contributed by atoms with E-state index in [1.165, 1.54) is 19.3 Å². The van der Waals surface area contributed by atoms with E-state index in [-0.39, 0.29) is 86.4 Å². The average Bonchev–Trinajstić information content (AvgIpc) is 4.16. The van der Waals surface area contributed by atoms with E-state index >= 15 is 0 Å². The third kappa shape index (κ3) is 12.6. The van der Waals surface area contributed by atoms with Crippen molar-refractivity contribution in [1.29, 1.82) is 0 Å². The van der Waals surface area contributed by atoms with E-state index in [1.54, 1.807) is 11.8 Å². The Morgan fingerprint density at radius 3 is 2.54 bits per heavy atom. The van der Waals surface area contributed by atoms with Gasteiger partial charge in [-0.25, -0.2) is 4.98 Å². The van der Waals surface area contributed by atoms with Crippen LogP contribution in [0, 0.1) is 23.2 Å². The Labute approximate surface area is 418 Å². The van der Waals surface area contributed by atoms with Crippen LogP contribution in [0.25, 0.3) is 10.9 Å². The lowest BCUT2D eigenvalue weighted by Crippen LogP contribution is -2.45. The second-order valence-electron chi connectivity index (χ2n) is 21.5. The summed E-state index contributed by atoms with van der Waals surface area (Å²) in [5.41, 5.74) is -1.01. The number of ether oxygens (including phenoxy) is 4. The van der Waals surface area contributed by atoms with Gasteiger partial charge in [0.05, 0.1) is 54.4 Å². The molecule has 69 heavy (non-hydrogen) atoms. The standard InChI is InChI=1S/C54H75BBrN3O10/c1-6-64-51(63)54-34-39(54)23-14-9-7-8-12-22-38(32-46(61)67-45-31-37(45)21-13-10-17-26-55-68-52(2,3)53(4,5)69-55)50(62)59-36-40(33-43(59)44(60)35-54)66-49-47(56)48(41-24-15-16-25-42(41)57-49)65-30-20-29-58-27-18-11-19-28-58/h14-17,23-26,37-40,43,45H,6-13,18-22,27-36H2,1-5H3/b23-14-,26-17+/t37-,38-,39-,40-,43+,45-,54-/m1/s1. The molecule has 2 aliphatic carbocycles. The molecule has 3 saturated heterocycles. The first-order chi connectivity index (χ1) is 33.2. The molecule has 7 atom stereocenters. The van der Waals surface area contributed by atoms with Gasteiger partial charge in [0, 0.05) is 30.7 Å². The Morgan fingerprint density at radius 1 is 0.986 bits per heavy atom. The minimum atomic E-state index is -0.964. The summed E-state index contributed by atoms with van der Waals surface area (Å²) >= 11 is 3.79. The van der Waals surface area contributed by atoms with E-state index in [0.717, 1.165) is 82.8 Å². The molecule has 13 nitrogen and oxygen atoms in total. The number of ketones is 1. The van der Waals surface area contributed by atoms with Gasteiger partial charge >= 0.3 is 19.1 Å². The lowest BCUT2D eigenvalue weighted by atomic mass is 9.89. The van der Waals surface area contributed by atoms with Crippen LogP contribution in [0.1, 0.15) is 144 Å². The minimum absolute atomic E-state index is 0.0423.